The number of Topliss-reactive ketones (excluding diaryl/α,β-unsaturated/α-hetero) is 1. The van der Waals surface area contributed by atoms with E-state index in [0.29, 0.717) is 11.3 Å². The minimum atomic E-state index is -1.02. The van der Waals surface area contributed by atoms with Gasteiger partial charge in [0.2, 0.25) is 11.8 Å². The summed E-state index contributed by atoms with van der Waals surface area (Å²) in [6, 6.07) is 18.8. The first-order valence-electron chi connectivity index (χ1n) is 12.1. The van der Waals surface area contributed by atoms with E-state index in [-0.39, 0.29) is 17.0 Å². The zero-order valence-corrected chi connectivity index (χ0v) is 20.6. The first-order chi connectivity index (χ1) is 18.5. The van der Waals surface area contributed by atoms with E-state index in [1.54, 1.807) is 47.6 Å². The Morgan fingerprint density at radius 2 is 1.53 bits per heavy atom. The Kier molecular flexibility index (Phi) is 5.56. The molecule has 3 aliphatic rings. The zero-order valence-electron chi connectivity index (χ0n) is 20.6. The topological polar surface area (TPSA) is 106 Å². The Morgan fingerprint density at radius 3 is 2.26 bits per heavy atom. The van der Waals surface area contributed by atoms with E-state index in [4.69, 9.17) is 9.47 Å². The summed E-state index contributed by atoms with van der Waals surface area (Å²) < 4.78 is 10.1. The lowest BCUT2D eigenvalue weighted by Gasteiger charge is -2.34. The standard InChI is InChI=1S/C29H23N3O6/c1-37-18-13-11-16(12-14-18)26(33)25-23-22(24-19-8-4-3-7-17(19)15-30-32(24)25)27(34)31(28(23)35)21-10-6-5-9-20(21)29(36)38-2/h3-15,22-25H,1-2H3/t22-,23+,24-,25-/m0/s1. The van der Waals surface area contributed by atoms with Crippen molar-refractivity contribution in [2.24, 2.45) is 16.9 Å². The molecule has 190 valence electrons. The SMILES string of the molecule is COC(=O)c1ccccc1N1C(=O)[C@@H]2[C@H](C1=O)[C@@H]1c3ccccc3C=NN1[C@@H]2C(=O)c1ccc(OC)cc1. The van der Waals surface area contributed by atoms with Crippen molar-refractivity contribution in [2.45, 2.75) is 12.1 Å². The van der Waals surface area contributed by atoms with Crippen molar-refractivity contribution in [3.8, 4) is 5.75 Å². The second-order valence-electron chi connectivity index (χ2n) is 9.31. The van der Waals surface area contributed by atoms with Crippen LogP contribution in [0.5, 0.6) is 5.75 Å². The minimum Gasteiger partial charge on any atom is -0.497 e. The normalized spacial score (nSPS) is 23.1. The van der Waals surface area contributed by atoms with Crippen molar-refractivity contribution in [3.05, 3.63) is 95.1 Å². The van der Waals surface area contributed by atoms with Crippen LogP contribution in [0, 0.1) is 11.8 Å². The van der Waals surface area contributed by atoms with Crippen molar-refractivity contribution in [1.29, 1.82) is 0 Å². The lowest BCUT2D eigenvalue weighted by Crippen LogP contribution is -2.45. The van der Waals surface area contributed by atoms with Crippen molar-refractivity contribution in [2.75, 3.05) is 19.1 Å². The number of carbonyl (C=O) groups is 4. The van der Waals surface area contributed by atoms with Crippen LogP contribution in [0.4, 0.5) is 5.69 Å². The number of amides is 2. The molecule has 4 atom stereocenters. The fraction of sp³-hybridized carbons (Fsp3) is 0.207. The molecule has 0 N–H and O–H groups in total. The maximum atomic E-state index is 14.1. The summed E-state index contributed by atoms with van der Waals surface area (Å²) in [5.41, 5.74) is 2.23. The third-order valence-corrected chi connectivity index (χ3v) is 7.49. The zero-order chi connectivity index (χ0) is 26.6. The second kappa shape index (κ2) is 8.95. The molecule has 3 heterocycles. The van der Waals surface area contributed by atoms with Gasteiger partial charge in [0.1, 0.15) is 11.8 Å². The number of esters is 1. The number of hydrogen-bond donors (Lipinski definition) is 0. The van der Waals surface area contributed by atoms with Gasteiger partial charge >= 0.3 is 5.97 Å². The van der Waals surface area contributed by atoms with Crippen LogP contribution < -0.4 is 9.64 Å². The van der Waals surface area contributed by atoms with Crippen LogP contribution in [0.15, 0.2) is 77.9 Å². The van der Waals surface area contributed by atoms with E-state index in [1.807, 2.05) is 24.3 Å². The first kappa shape index (κ1) is 23.6. The van der Waals surface area contributed by atoms with E-state index in [2.05, 4.69) is 5.10 Å². The molecule has 0 bridgehead atoms. The molecule has 0 aliphatic carbocycles. The number of ketones is 1. The average molecular weight is 510 g/mol. The molecule has 3 aromatic rings. The van der Waals surface area contributed by atoms with Crippen LogP contribution in [0.25, 0.3) is 0 Å². The number of hydrazone groups is 1. The number of nitrogens with zero attached hydrogens (tertiary/aromatic N) is 3. The highest BCUT2D eigenvalue weighted by Crippen LogP contribution is 2.53. The Morgan fingerprint density at radius 1 is 0.842 bits per heavy atom. The monoisotopic (exact) mass is 509 g/mol. The molecule has 0 saturated carbocycles. The molecular formula is C29H23N3O6. The van der Waals surface area contributed by atoms with Crippen LogP contribution in [-0.4, -0.2) is 55.1 Å². The largest absolute Gasteiger partial charge is 0.497 e. The van der Waals surface area contributed by atoms with Crippen LogP contribution in [0.1, 0.15) is 37.9 Å². The van der Waals surface area contributed by atoms with Gasteiger partial charge in [-0.3, -0.25) is 19.4 Å². The van der Waals surface area contributed by atoms with Gasteiger partial charge in [0.05, 0.1) is 49.6 Å². The van der Waals surface area contributed by atoms with Gasteiger partial charge in [0.25, 0.3) is 0 Å². The summed E-state index contributed by atoms with van der Waals surface area (Å²) in [5.74, 6) is -3.32. The van der Waals surface area contributed by atoms with Crippen molar-refractivity contribution in [1.82, 2.24) is 5.01 Å². The molecule has 0 radical (unpaired) electrons. The van der Waals surface area contributed by atoms with Gasteiger partial charge in [0, 0.05) is 5.56 Å². The third kappa shape index (κ3) is 3.35. The second-order valence-corrected chi connectivity index (χ2v) is 9.31. The fourth-order valence-corrected chi connectivity index (χ4v) is 5.78. The van der Waals surface area contributed by atoms with E-state index in [9.17, 15) is 19.2 Å². The van der Waals surface area contributed by atoms with E-state index >= 15 is 0 Å². The van der Waals surface area contributed by atoms with Gasteiger partial charge in [0.15, 0.2) is 5.78 Å². The van der Waals surface area contributed by atoms with E-state index in [0.717, 1.165) is 16.0 Å². The number of imide groups is 1. The summed E-state index contributed by atoms with van der Waals surface area (Å²) in [7, 11) is 2.77. The highest BCUT2D eigenvalue weighted by atomic mass is 16.5. The van der Waals surface area contributed by atoms with Gasteiger partial charge in [-0.25, -0.2) is 9.69 Å². The first-order valence-corrected chi connectivity index (χ1v) is 12.1. The lowest BCUT2D eigenvalue weighted by molar-refractivity contribution is -0.124. The molecule has 38 heavy (non-hydrogen) atoms. The molecule has 0 aromatic heterocycles. The Bertz CT molecular complexity index is 1510. The lowest BCUT2D eigenvalue weighted by atomic mass is 9.83. The number of benzene rings is 3. The molecule has 2 amide bonds. The molecule has 0 spiro atoms. The van der Waals surface area contributed by atoms with Crippen molar-refractivity contribution in [3.63, 3.8) is 0 Å². The number of carbonyl (C=O) groups excluding carboxylic acids is 4. The van der Waals surface area contributed by atoms with Crippen LogP contribution in [-0.2, 0) is 14.3 Å². The molecule has 2 saturated heterocycles. The predicted molar refractivity (Wildman–Crippen MR) is 137 cm³/mol. The molecule has 6 rings (SSSR count). The van der Waals surface area contributed by atoms with Crippen molar-refractivity contribution >= 4 is 35.5 Å². The molecule has 3 aliphatic heterocycles. The third-order valence-electron chi connectivity index (χ3n) is 7.49. The predicted octanol–water partition coefficient (Wildman–Crippen LogP) is 3.24. The summed E-state index contributed by atoms with van der Waals surface area (Å²) in [6.07, 6.45) is 1.65. The van der Waals surface area contributed by atoms with Crippen LogP contribution >= 0.6 is 0 Å². The van der Waals surface area contributed by atoms with Crippen molar-refractivity contribution < 1.29 is 28.7 Å². The number of hydrogen-bond acceptors (Lipinski definition) is 8. The Labute approximate surface area is 218 Å². The van der Waals surface area contributed by atoms with Gasteiger partial charge in [-0.1, -0.05) is 36.4 Å². The summed E-state index contributed by atoms with van der Waals surface area (Å²) >= 11 is 0. The Balaban J connectivity index is 1.49. The van der Waals surface area contributed by atoms with Crippen LogP contribution in [0.2, 0.25) is 0 Å². The van der Waals surface area contributed by atoms with Gasteiger partial charge in [-0.05, 0) is 47.5 Å². The summed E-state index contributed by atoms with van der Waals surface area (Å²) in [4.78, 5) is 55.6. The highest BCUT2D eigenvalue weighted by molar-refractivity contribution is 6.26. The number of rotatable bonds is 5. The minimum absolute atomic E-state index is 0.0913. The van der Waals surface area contributed by atoms with Gasteiger partial charge in [-0.15, -0.1) is 0 Å². The van der Waals surface area contributed by atoms with Gasteiger partial charge < -0.3 is 9.47 Å². The highest BCUT2D eigenvalue weighted by Gasteiger charge is 2.65. The van der Waals surface area contributed by atoms with E-state index in [1.165, 1.54) is 26.4 Å². The molecule has 0 unspecified atom stereocenters. The molecule has 9 heteroatoms. The van der Waals surface area contributed by atoms with Crippen LogP contribution in [0.3, 0.4) is 0 Å². The molecular weight excluding hydrogens is 486 g/mol. The number of fused-ring (bicyclic) bond motifs is 5. The Hall–Kier alpha value is -4.79. The number of methoxy groups -OCH3 is 2. The molecule has 3 aromatic carbocycles. The smallest absolute Gasteiger partial charge is 0.339 e. The maximum Gasteiger partial charge on any atom is 0.339 e. The number of anilines is 1. The fourth-order valence-electron chi connectivity index (χ4n) is 5.78. The number of ether oxygens (including phenoxy) is 2. The van der Waals surface area contributed by atoms with Gasteiger partial charge in [-0.2, -0.15) is 5.10 Å². The average Bonchev–Trinajstić information content (AvgIpc) is 3.44. The summed E-state index contributed by atoms with van der Waals surface area (Å²) in [5, 5.41) is 6.17. The molecule has 2 fully saturated rings. The van der Waals surface area contributed by atoms with E-state index < -0.39 is 41.7 Å². The quantitative estimate of drug-likeness (QED) is 0.295. The maximum absolute atomic E-state index is 14.1. The summed E-state index contributed by atoms with van der Waals surface area (Å²) in [6.45, 7) is 0. The molecule has 9 nitrogen and oxygen atoms in total. The number of para-hydroxylation sites is 1.